The number of nitrogens with two attached hydrogens (primary N) is 1. The van der Waals surface area contributed by atoms with E-state index in [1.54, 1.807) is 11.3 Å². The van der Waals surface area contributed by atoms with Gasteiger partial charge in [0, 0.05) is 40.4 Å². The van der Waals surface area contributed by atoms with Crippen molar-refractivity contribution in [3.05, 3.63) is 20.8 Å². The van der Waals surface area contributed by atoms with Gasteiger partial charge in [-0.15, -0.1) is 11.3 Å². The Morgan fingerprint density at radius 3 is 2.72 bits per heavy atom. The third kappa shape index (κ3) is 3.54. The van der Waals surface area contributed by atoms with Crippen molar-refractivity contribution in [2.75, 3.05) is 33.2 Å². The van der Waals surface area contributed by atoms with Crippen LogP contribution in [0.3, 0.4) is 0 Å². The molecule has 0 bridgehead atoms. The van der Waals surface area contributed by atoms with Crippen LogP contribution in [0.2, 0.25) is 0 Å². The molecule has 18 heavy (non-hydrogen) atoms. The summed E-state index contributed by atoms with van der Waals surface area (Å²) in [6.07, 6.45) is 1.23. The monoisotopic (exact) mass is 331 g/mol. The molecular formula is C13H22BrN3S. The van der Waals surface area contributed by atoms with Crippen molar-refractivity contribution in [2.45, 2.75) is 25.4 Å². The first-order valence-electron chi connectivity index (χ1n) is 6.50. The summed E-state index contributed by atoms with van der Waals surface area (Å²) in [6, 6.07) is 2.74. The number of halogens is 1. The lowest BCUT2D eigenvalue weighted by atomic mass is 10.1. The lowest BCUT2D eigenvalue weighted by Crippen LogP contribution is -2.41. The Morgan fingerprint density at radius 1 is 1.33 bits per heavy atom. The van der Waals surface area contributed by atoms with Crippen molar-refractivity contribution in [1.82, 2.24) is 9.80 Å². The van der Waals surface area contributed by atoms with Gasteiger partial charge < -0.3 is 10.6 Å². The van der Waals surface area contributed by atoms with Crippen LogP contribution in [0.15, 0.2) is 15.9 Å². The third-order valence-corrected chi connectivity index (χ3v) is 5.29. The van der Waals surface area contributed by atoms with Gasteiger partial charge in [0.2, 0.25) is 0 Å². The first-order valence-corrected chi connectivity index (χ1v) is 8.17. The Labute approximate surface area is 122 Å². The summed E-state index contributed by atoms with van der Waals surface area (Å²) in [6.45, 7) is 6.70. The summed E-state index contributed by atoms with van der Waals surface area (Å²) in [7, 11) is 2.20. The van der Waals surface area contributed by atoms with E-state index in [1.807, 2.05) is 0 Å². The quantitative estimate of drug-likeness (QED) is 0.923. The second-order valence-electron chi connectivity index (χ2n) is 5.16. The normalized spacial score (nSPS) is 22.7. The molecular weight excluding hydrogens is 310 g/mol. The maximum Gasteiger partial charge on any atom is 0.0591 e. The molecule has 2 N–H and O–H groups in total. The van der Waals surface area contributed by atoms with Crippen molar-refractivity contribution in [3.8, 4) is 0 Å². The molecule has 5 heteroatoms. The fourth-order valence-corrected chi connectivity index (χ4v) is 4.29. The standard InChI is InChI=1S/C13H22BrN3S/c1-10(15)13(12-8-11(14)9-18-12)17-5-3-4-16(2)6-7-17/h8-10,13H,3-7,15H2,1-2H3. The highest BCUT2D eigenvalue weighted by Crippen LogP contribution is 2.31. The van der Waals surface area contributed by atoms with Crippen molar-refractivity contribution in [2.24, 2.45) is 5.73 Å². The molecule has 1 aromatic rings. The fourth-order valence-electron chi connectivity index (χ4n) is 2.60. The number of hydrogen-bond donors (Lipinski definition) is 1. The Kier molecular flexibility index (Phi) is 5.21. The zero-order chi connectivity index (χ0) is 13.1. The van der Waals surface area contributed by atoms with Gasteiger partial charge in [-0.2, -0.15) is 0 Å². The van der Waals surface area contributed by atoms with E-state index in [-0.39, 0.29) is 6.04 Å². The Morgan fingerprint density at radius 2 is 2.11 bits per heavy atom. The maximum absolute atomic E-state index is 6.23. The molecule has 2 atom stereocenters. The van der Waals surface area contributed by atoms with Crippen LogP contribution in [-0.4, -0.2) is 49.1 Å². The zero-order valence-electron chi connectivity index (χ0n) is 11.1. The van der Waals surface area contributed by atoms with Gasteiger partial charge in [0.1, 0.15) is 0 Å². The molecule has 0 aromatic carbocycles. The van der Waals surface area contributed by atoms with Gasteiger partial charge in [0.25, 0.3) is 0 Å². The van der Waals surface area contributed by atoms with Gasteiger partial charge in [0.15, 0.2) is 0 Å². The molecule has 0 spiro atoms. The van der Waals surface area contributed by atoms with E-state index in [0.717, 1.165) is 19.6 Å². The summed E-state index contributed by atoms with van der Waals surface area (Å²) in [5, 5.41) is 2.15. The fraction of sp³-hybridized carbons (Fsp3) is 0.692. The lowest BCUT2D eigenvalue weighted by molar-refractivity contribution is 0.185. The molecule has 1 fully saturated rings. The van der Waals surface area contributed by atoms with Crippen LogP contribution in [0.5, 0.6) is 0 Å². The molecule has 1 aliphatic rings. The minimum atomic E-state index is 0.166. The van der Waals surface area contributed by atoms with Crippen LogP contribution in [0.1, 0.15) is 24.3 Å². The molecule has 2 heterocycles. The smallest absolute Gasteiger partial charge is 0.0591 e. The van der Waals surface area contributed by atoms with E-state index >= 15 is 0 Å². The van der Waals surface area contributed by atoms with Crippen LogP contribution >= 0.6 is 27.3 Å². The van der Waals surface area contributed by atoms with Gasteiger partial charge in [-0.25, -0.2) is 0 Å². The molecule has 0 radical (unpaired) electrons. The van der Waals surface area contributed by atoms with Crippen molar-refractivity contribution < 1.29 is 0 Å². The highest BCUT2D eigenvalue weighted by molar-refractivity contribution is 9.10. The second kappa shape index (κ2) is 6.48. The van der Waals surface area contributed by atoms with Gasteiger partial charge in [-0.3, -0.25) is 4.90 Å². The van der Waals surface area contributed by atoms with E-state index in [4.69, 9.17) is 5.73 Å². The molecule has 1 aromatic heterocycles. The minimum absolute atomic E-state index is 0.166. The van der Waals surface area contributed by atoms with E-state index in [0.29, 0.717) is 6.04 Å². The van der Waals surface area contributed by atoms with Crippen LogP contribution in [-0.2, 0) is 0 Å². The number of hydrogen-bond acceptors (Lipinski definition) is 4. The highest BCUT2D eigenvalue weighted by atomic mass is 79.9. The van der Waals surface area contributed by atoms with E-state index < -0.39 is 0 Å². The Balaban J connectivity index is 2.14. The average molecular weight is 332 g/mol. The maximum atomic E-state index is 6.23. The number of thiophene rings is 1. The summed E-state index contributed by atoms with van der Waals surface area (Å²) >= 11 is 5.35. The zero-order valence-corrected chi connectivity index (χ0v) is 13.5. The van der Waals surface area contributed by atoms with E-state index in [2.05, 4.69) is 51.1 Å². The number of nitrogens with zero attached hydrogens (tertiary/aromatic N) is 2. The molecule has 102 valence electrons. The molecule has 0 amide bonds. The molecule has 0 aliphatic carbocycles. The van der Waals surface area contributed by atoms with Gasteiger partial charge in [-0.05, 0) is 48.9 Å². The largest absolute Gasteiger partial charge is 0.326 e. The van der Waals surface area contributed by atoms with Crippen molar-refractivity contribution >= 4 is 27.3 Å². The predicted octanol–water partition coefficient (Wildman–Crippen LogP) is 2.54. The average Bonchev–Trinajstić information content (AvgIpc) is 2.60. The molecule has 2 rings (SSSR count). The Hall–Kier alpha value is 0.0600. The van der Waals surface area contributed by atoms with Crippen LogP contribution in [0, 0.1) is 0 Å². The second-order valence-corrected chi connectivity index (χ2v) is 7.02. The molecule has 0 saturated carbocycles. The third-order valence-electron chi connectivity index (χ3n) is 3.52. The van der Waals surface area contributed by atoms with Gasteiger partial charge >= 0.3 is 0 Å². The van der Waals surface area contributed by atoms with Gasteiger partial charge in [0.05, 0.1) is 6.04 Å². The SMILES string of the molecule is CC(N)C(c1cc(Br)cs1)N1CCCN(C)CC1. The lowest BCUT2D eigenvalue weighted by Gasteiger charge is -2.32. The van der Waals surface area contributed by atoms with Crippen LogP contribution in [0.25, 0.3) is 0 Å². The van der Waals surface area contributed by atoms with E-state index in [9.17, 15) is 0 Å². The summed E-state index contributed by atoms with van der Waals surface area (Å²) < 4.78 is 1.17. The van der Waals surface area contributed by atoms with Crippen molar-refractivity contribution in [1.29, 1.82) is 0 Å². The number of rotatable bonds is 3. The molecule has 2 unspecified atom stereocenters. The topological polar surface area (TPSA) is 32.5 Å². The van der Waals surface area contributed by atoms with Gasteiger partial charge in [-0.1, -0.05) is 0 Å². The van der Waals surface area contributed by atoms with Crippen molar-refractivity contribution in [3.63, 3.8) is 0 Å². The molecule has 1 aliphatic heterocycles. The Bertz CT molecular complexity index is 380. The summed E-state index contributed by atoms with van der Waals surface area (Å²) in [4.78, 5) is 6.33. The van der Waals surface area contributed by atoms with Crippen LogP contribution < -0.4 is 5.73 Å². The molecule has 3 nitrogen and oxygen atoms in total. The first kappa shape index (κ1) is 14.5. The first-order chi connectivity index (χ1) is 8.58. The summed E-state index contributed by atoms with van der Waals surface area (Å²) in [5.41, 5.74) is 6.23. The van der Waals surface area contributed by atoms with E-state index in [1.165, 1.54) is 22.3 Å². The highest BCUT2D eigenvalue weighted by Gasteiger charge is 2.26. The van der Waals surface area contributed by atoms with Crippen LogP contribution in [0.4, 0.5) is 0 Å². The molecule has 1 saturated heterocycles. The minimum Gasteiger partial charge on any atom is -0.326 e. The number of likely N-dealkylation sites (N-methyl/N-ethyl adjacent to an activating group) is 1. The summed E-state index contributed by atoms with van der Waals surface area (Å²) in [5.74, 6) is 0. The predicted molar refractivity (Wildman–Crippen MR) is 82.1 cm³/mol.